The fourth-order valence-corrected chi connectivity index (χ4v) is 3.52. The maximum absolute atomic E-state index is 12.1. The number of thioether (sulfide) groups is 1. The van der Waals surface area contributed by atoms with Gasteiger partial charge in [0.25, 0.3) is 0 Å². The molecule has 0 heterocycles. The third-order valence-corrected chi connectivity index (χ3v) is 5.16. The van der Waals surface area contributed by atoms with Crippen LogP contribution in [0.3, 0.4) is 0 Å². The second-order valence-electron chi connectivity index (χ2n) is 6.33. The Morgan fingerprint density at radius 2 is 1.75 bits per heavy atom. The predicted octanol–water partition coefficient (Wildman–Crippen LogP) is 4.00. The van der Waals surface area contributed by atoms with E-state index in [2.05, 4.69) is 22.8 Å². The lowest BCUT2D eigenvalue weighted by Crippen LogP contribution is -2.34. The minimum absolute atomic E-state index is 0.0891. The van der Waals surface area contributed by atoms with E-state index >= 15 is 0 Å². The highest BCUT2D eigenvalue weighted by Gasteiger charge is 2.10. The van der Waals surface area contributed by atoms with Crippen molar-refractivity contribution in [1.29, 1.82) is 0 Å². The molecule has 3 rings (SSSR count). The first-order chi connectivity index (χ1) is 13.5. The topological polar surface area (TPSA) is 67.4 Å². The molecule has 0 atom stereocenters. The molecule has 5 nitrogen and oxygen atoms in total. The zero-order valence-corrected chi connectivity index (χ0v) is 16.6. The van der Waals surface area contributed by atoms with E-state index in [-0.39, 0.29) is 24.1 Å². The van der Waals surface area contributed by atoms with Gasteiger partial charge in [-0.3, -0.25) is 9.59 Å². The second-order valence-corrected chi connectivity index (χ2v) is 7.38. The number of amides is 2. The number of rotatable bonds is 7. The molecule has 0 aliphatic rings. The summed E-state index contributed by atoms with van der Waals surface area (Å²) >= 11 is 1.44. The third kappa shape index (κ3) is 5.27. The molecule has 2 N–H and O–H groups in total. The number of hydrogen-bond donors (Lipinski definition) is 2. The first-order valence-corrected chi connectivity index (χ1v) is 9.86. The average molecular weight is 394 g/mol. The van der Waals surface area contributed by atoms with Gasteiger partial charge >= 0.3 is 0 Å². The first-order valence-electron chi connectivity index (χ1n) is 8.88. The number of nitrogens with one attached hydrogen (secondary N) is 2. The van der Waals surface area contributed by atoms with Crippen molar-refractivity contribution in [2.45, 2.75) is 11.8 Å². The monoisotopic (exact) mass is 394 g/mol. The zero-order valence-electron chi connectivity index (χ0n) is 15.8. The molecule has 0 radical (unpaired) electrons. The molecule has 3 aromatic rings. The number of carbonyl (C=O) groups is 2. The van der Waals surface area contributed by atoms with Crippen molar-refractivity contribution in [2.75, 3.05) is 24.7 Å². The van der Waals surface area contributed by atoms with E-state index in [9.17, 15) is 9.59 Å². The van der Waals surface area contributed by atoms with Gasteiger partial charge in [-0.15, -0.1) is 11.8 Å². The second kappa shape index (κ2) is 9.28. The van der Waals surface area contributed by atoms with Crippen LogP contribution in [0.2, 0.25) is 0 Å². The van der Waals surface area contributed by atoms with Crippen LogP contribution >= 0.6 is 11.8 Å². The van der Waals surface area contributed by atoms with E-state index < -0.39 is 0 Å². The molecule has 6 heteroatoms. The molecule has 28 heavy (non-hydrogen) atoms. The van der Waals surface area contributed by atoms with Crippen LogP contribution in [0.25, 0.3) is 10.8 Å². The van der Waals surface area contributed by atoms with Gasteiger partial charge in [0.1, 0.15) is 5.75 Å². The minimum Gasteiger partial charge on any atom is -0.495 e. The summed E-state index contributed by atoms with van der Waals surface area (Å²) in [6.07, 6.45) is 0. The van der Waals surface area contributed by atoms with Gasteiger partial charge in [0, 0.05) is 4.90 Å². The van der Waals surface area contributed by atoms with Crippen molar-refractivity contribution >= 4 is 40.0 Å². The van der Waals surface area contributed by atoms with Gasteiger partial charge in [0.2, 0.25) is 11.8 Å². The van der Waals surface area contributed by atoms with E-state index in [0.717, 1.165) is 15.8 Å². The van der Waals surface area contributed by atoms with Gasteiger partial charge in [-0.05, 0) is 47.5 Å². The fourth-order valence-electron chi connectivity index (χ4n) is 2.75. The summed E-state index contributed by atoms with van der Waals surface area (Å²) in [7, 11) is 1.55. The lowest BCUT2D eigenvalue weighted by atomic mass is 10.1. The van der Waals surface area contributed by atoms with E-state index in [1.54, 1.807) is 13.2 Å². The van der Waals surface area contributed by atoms with E-state index in [1.165, 1.54) is 17.1 Å². The summed E-state index contributed by atoms with van der Waals surface area (Å²) in [6, 6.07) is 19.7. The van der Waals surface area contributed by atoms with Gasteiger partial charge < -0.3 is 15.4 Å². The average Bonchev–Trinajstić information content (AvgIpc) is 2.70. The number of hydrogen-bond acceptors (Lipinski definition) is 4. The molecule has 3 aromatic carbocycles. The minimum atomic E-state index is -0.298. The smallest absolute Gasteiger partial charge is 0.243 e. The quantitative estimate of drug-likeness (QED) is 0.595. The number of benzene rings is 3. The molecule has 0 aromatic heterocycles. The van der Waals surface area contributed by atoms with Crippen LogP contribution in [-0.4, -0.2) is 31.2 Å². The first kappa shape index (κ1) is 19.8. The van der Waals surface area contributed by atoms with Crippen molar-refractivity contribution in [1.82, 2.24) is 5.32 Å². The molecule has 2 amide bonds. The number of aryl methyl sites for hydroxylation is 1. The van der Waals surface area contributed by atoms with Crippen molar-refractivity contribution in [3.05, 3.63) is 66.2 Å². The fraction of sp³-hybridized carbons (Fsp3) is 0.182. The molecule has 0 spiro atoms. The number of fused-ring (bicyclic) bond motifs is 1. The molecule has 0 unspecified atom stereocenters. The number of carbonyl (C=O) groups excluding carboxylic acids is 2. The van der Waals surface area contributed by atoms with Gasteiger partial charge in [0.05, 0.1) is 25.1 Å². The maximum atomic E-state index is 12.1. The summed E-state index contributed by atoms with van der Waals surface area (Å²) in [5, 5.41) is 7.72. The Bertz CT molecular complexity index is 1000. The zero-order chi connectivity index (χ0) is 19.9. The number of ether oxygens (including phenoxy) is 1. The molecule has 0 bridgehead atoms. The van der Waals surface area contributed by atoms with Crippen LogP contribution in [-0.2, 0) is 9.59 Å². The Kier molecular flexibility index (Phi) is 6.55. The summed E-state index contributed by atoms with van der Waals surface area (Å²) < 4.78 is 5.24. The Hall–Kier alpha value is -2.99. The van der Waals surface area contributed by atoms with Crippen molar-refractivity contribution in [3.8, 4) is 5.75 Å². The Labute approximate surface area is 168 Å². The molecule has 0 aliphatic carbocycles. The Balaban J connectivity index is 1.48. The van der Waals surface area contributed by atoms with Gasteiger partial charge in [-0.2, -0.15) is 0 Å². The standard InChI is InChI=1S/C22H22N2O3S/c1-15-7-10-20(27-2)19(11-15)24-21(25)13-23-22(26)14-28-18-9-8-16-5-3-4-6-17(16)12-18/h3-12H,13-14H2,1-2H3,(H,23,26)(H,24,25). The van der Waals surface area contributed by atoms with Gasteiger partial charge in [-0.25, -0.2) is 0 Å². The Morgan fingerprint density at radius 1 is 0.964 bits per heavy atom. The highest BCUT2D eigenvalue weighted by molar-refractivity contribution is 8.00. The van der Waals surface area contributed by atoms with Crippen LogP contribution in [0.4, 0.5) is 5.69 Å². The molecule has 0 saturated carbocycles. The van der Waals surface area contributed by atoms with Gasteiger partial charge in [-0.1, -0.05) is 36.4 Å². The van der Waals surface area contributed by atoms with Crippen molar-refractivity contribution < 1.29 is 14.3 Å². The molecular weight excluding hydrogens is 372 g/mol. The number of methoxy groups -OCH3 is 1. The van der Waals surface area contributed by atoms with Crippen LogP contribution in [0.1, 0.15) is 5.56 Å². The number of anilines is 1. The third-order valence-electron chi connectivity index (χ3n) is 4.17. The molecule has 0 saturated heterocycles. The van der Waals surface area contributed by atoms with Crippen molar-refractivity contribution in [3.63, 3.8) is 0 Å². The summed E-state index contributed by atoms with van der Waals surface area (Å²) in [5.41, 5.74) is 1.60. The van der Waals surface area contributed by atoms with Crippen molar-refractivity contribution in [2.24, 2.45) is 0 Å². The van der Waals surface area contributed by atoms with E-state index in [0.29, 0.717) is 11.4 Å². The van der Waals surface area contributed by atoms with E-state index in [4.69, 9.17) is 4.74 Å². The molecule has 0 fully saturated rings. The van der Waals surface area contributed by atoms with Crippen LogP contribution < -0.4 is 15.4 Å². The van der Waals surface area contributed by atoms with Gasteiger partial charge in [0.15, 0.2) is 0 Å². The maximum Gasteiger partial charge on any atom is 0.243 e. The summed E-state index contributed by atoms with van der Waals surface area (Å²) in [6.45, 7) is 1.84. The molecule has 0 aliphatic heterocycles. The highest BCUT2D eigenvalue weighted by Crippen LogP contribution is 2.25. The van der Waals surface area contributed by atoms with Crippen LogP contribution in [0, 0.1) is 6.92 Å². The normalized spacial score (nSPS) is 10.5. The largest absolute Gasteiger partial charge is 0.495 e. The molecular formula is C22H22N2O3S. The summed E-state index contributed by atoms with van der Waals surface area (Å²) in [4.78, 5) is 25.2. The van der Waals surface area contributed by atoms with E-state index in [1.807, 2.05) is 49.4 Å². The Morgan fingerprint density at radius 3 is 2.54 bits per heavy atom. The molecule has 144 valence electrons. The lowest BCUT2D eigenvalue weighted by molar-refractivity contribution is -0.122. The SMILES string of the molecule is COc1ccc(C)cc1NC(=O)CNC(=O)CSc1ccc2ccccc2c1. The predicted molar refractivity (Wildman–Crippen MR) is 114 cm³/mol. The van der Waals surface area contributed by atoms with Crippen LogP contribution in [0.5, 0.6) is 5.75 Å². The lowest BCUT2D eigenvalue weighted by Gasteiger charge is -2.11. The highest BCUT2D eigenvalue weighted by atomic mass is 32.2. The summed E-state index contributed by atoms with van der Waals surface area (Å²) in [5.74, 6) is 0.342. The van der Waals surface area contributed by atoms with Crippen LogP contribution in [0.15, 0.2) is 65.6 Å².